The zero-order chi connectivity index (χ0) is 28.9. The predicted octanol–water partition coefficient (Wildman–Crippen LogP) is 7.79. The van der Waals surface area contributed by atoms with Crippen molar-refractivity contribution in [2.45, 2.75) is 45.9 Å². The fourth-order valence-corrected chi connectivity index (χ4v) is 5.42. The second-order valence-electron chi connectivity index (χ2n) is 10.6. The van der Waals surface area contributed by atoms with Crippen molar-refractivity contribution in [1.29, 1.82) is 0 Å². The van der Waals surface area contributed by atoms with Crippen LogP contribution >= 0.6 is 0 Å². The number of halogens is 1. The van der Waals surface area contributed by atoms with Crippen molar-refractivity contribution < 1.29 is 19.0 Å². The molecular formula is C35H34FN3O3. The van der Waals surface area contributed by atoms with E-state index in [1.807, 2.05) is 54.6 Å². The van der Waals surface area contributed by atoms with E-state index >= 15 is 0 Å². The first-order chi connectivity index (χ1) is 20.6. The normalized spacial score (nSPS) is 12.3. The van der Waals surface area contributed by atoms with Crippen molar-refractivity contribution in [3.63, 3.8) is 0 Å². The summed E-state index contributed by atoms with van der Waals surface area (Å²) in [5, 5.41) is 9.80. The molecule has 0 saturated heterocycles. The second-order valence-corrected chi connectivity index (χ2v) is 10.6. The smallest absolute Gasteiger partial charge is 0.231 e. The Morgan fingerprint density at radius 1 is 0.810 bits per heavy atom. The number of benzene rings is 4. The Balaban J connectivity index is 1.44. The summed E-state index contributed by atoms with van der Waals surface area (Å²) in [4.78, 5) is 7.53. The SMILES string of the molecule is CCCCn1c(-c2ccccc2)nc(-c2ccccc2)c1CN(Cc1ccc(O)c(F)c1)Cc1ccc2c(c1)OCO2. The van der Waals surface area contributed by atoms with Crippen LogP contribution in [0.4, 0.5) is 4.39 Å². The maximum atomic E-state index is 14.4. The molecule has 42 heavy (non-hydrogen) atoms. The molecule has 6 nitrogen and oxygen atoms in total. The lowest BCUT2D eigenvalue weighted by molar-refractivity contribution is 0.174. The number of phenolic OH excluding ortho intramolecular Hbond substituents is 1. The lowest BCUT2D eigenvalue weighted by atomic mass is 10.1. The maximum absolute atomic E-state index is 14.4. The van der Waals surface area contributed by atoms with E-state index in [0.29, 0.717) is 19.6 Å². The van der Waals surface area contributed by atoms with Gasteiger partial charge in [-0.15, -0.1) is 0 Å². The van der Waals surface area contributed by atoms with E-state index in [0.717, 1.165) is 70.4 Å². The summed E-state index contributed by atoms with van der Waals surface area (Å²) in [6, 6.07) is 31.2. The lowest BCUT2D eigenvalue weighted by Gasteiger charge is -2.25. The van der Waals surface area contributed by atoms with Crippen molar-refractivity contribution in [2.75, 3.05) is 6.79 Å². The Hall–Kier alpha value is -4.62. The van der Waals surface area contributed by atoms with E-state index < -0.39 is 5.82 Å². The number of ether oxygens (including phenoxy) is 2. The third-order valence-corrected chi connectivity index (χ3v) is 7.52. The van der Waals surface area contributed by atoms with Crippen LogP contribution in [0.2, 0.25) is 0 Å². The molecule has 4 aromatic carbocycles. The minimum Gasteiger partial charge on any atom is -0.505 e. The van der Waals surface area contributed by atoms with Crippen LogP contribution in [0.5, 0.6) is 17.2 Å². The minimum absolute atomic E-state index is 0.217. The summed E-state index contributed by atoms with van der Waals surface area (Å²) in [6.45, 7) is 4.88. The molecule has 6 rings (SSSR count). The highest BCUT2D eigenvalue weighted by molar-refractivity contribution is 5.68. The van der Waals surface area contributed by atoms with E-state index in [1.165, 1.54) is 12.1 Å². The predicted molar refractivity (Wildman–Crippen MR) is 162 cm³/mol. The van der Waals surface area contributed by atoms with Crippen LogP contribution in [-0.4, -0.2) is 26.4 Å². The van der Waals surface area contributed by atoms with Crippen molar-refractivity contribution in [1.82, 2.24) is 14.5 Å². The number of rotatable bonds is 11. The van der Waals surface area contributed by atoms with Crippen LogP contribution in [-0.2, 0) is 26.2 Å². The number of hydrogen-bond donors (Lipinski definition) is 1. The molecule has 7 heteroatoms. The van der Waals surface area contributed by atoms with Gasteiger partial charge in [-0.2, -0.15) is 0 Å². The number of phenols is 1. The maximum Gasteiger partial charge on any atom is 0.231 e. The molecule has 0 radical (unpaired) electrons. The Morgan fingerprint density at radius 3 is 2.19 bits per heavy atom. The highest BCUT2D eigenvalue weighted by atomic mass is 19.1. The van der Waals surface area contributed by atoms with Crippen LogP contribution in [0, 0.1) is 5.82 Å². The third-order valence-electron chi connectivity index (χ3n) is 7.52. The lowest BCUT2D eigenvalue weighted by Crippen LogP contribution is -2.24. The van der Waals surface area contributed by atoms with Gasteiger partial charge in [-0.1, -0.05) is 86.1 Å². The van der Waals surface area contributed by atoms with E-state index in [-0.39, 0.29) is 12.5 Å². The molecular weight excluding hydrogens is 529 g/mol. The average Bonchev–Trinajstić information content (AvgIpc) is 3.63. The van der Waals surface area contributed by atoms with E-state index in [4.69, 9.17) is 14.5 Å². The molecule has 1 aromatic heterocycles. The molecule has 0 saturated carbocycles. The summed E-state index contributed by atoms with van der Waals surface area (Å²) < 4.78 is 27.9. The highest BCUT2D eigenvalue weighted by Gasteiger charge is 2.23. The third kappa shape index (κ3) is 6.02. The zero-order valence-electron chi connectivity index (χ0n) is 23.7. The molecule has 0 amide bonds. The van der Waals surface area contributed by atoms with Gasteiger partial charge in [0.1, 0.15) is 5.82 Å². The second kappa shape index (κ2) is 12.5. The van der Waals surface area contributed by atoms with Crippen molar-refractivity contribution >= 4 is 0 Å². The Bertz CT molecular complexity index is 1650. The highest BCUT2D eigenvalue weighted by Crippen LogP contribution is 2.35. The van der Waals surface area contributed by atoms with Gasteiger partial charge in [-0.25, -0.2) is 9.37 Å². The molecule has 0 spiro atoms. The zero-order valence-corrected chi connectivity index (χ0v) is 23.7. The van der Waals surface area contributed by atoms with Crippen LogP contribution in [0.3, 0.4) is 0 Å². The average molecular weight is 564 g/mol. The number of unbranched alkanes of at least 4 members (excludes halogenated alkanes) is 1. The van der Waals surface area contributed by atoms with Gasteiger partial charge in [0, 0.05) is 37.3 Å². The van der Waals surface area contributed by atoms with Crippen molar-refractivity contribution in [3.05, 3.63) is 120 Å². The van der Waals surface area contributed by atoms with Gasteiger partial charge in [-0.3, -0.25) is 4.90 Å². The summed E-state index contributed by atoms with van der Waals surface area (Å²) in [7, 11) is 0. The number of aromatic hydroxyl groups is 1. The molecule has 2 heterocycles. The number of nitrogens with zero attached hydrogens (tertiary/aromatic N) is 3. The Morgan fingerprint density at radius 2 is 1.48 bits per heavy atom. The van der Waals surface area contributed by atoms with Gasteiger partial charge < -0.3 is 19.1 Å². The van der Waals surface area contributed by atoms with Crippen LogP contribution < -0.4 is 9.47 Å². The van der Waals surface area contributed by atoms with Crippen molar-refractivity contribution in [2.24, 2.45) is 0 Å². The molecule has 1 aliphatic rings. The minimum atomic E-state index is -0.625. The van der Waals surface area contributed by atoms with Crippen LogP contribution in [0.15, 0.2) is 97.1 Å². The van der Waals surface area contributed by atoms with Gasteiger partial charge >= 0.3 is 0 Å². The molecule has 0 atom stereocenters. The van der Waals surface area contributed by atoms with Gasteiger partial charge in [0.2, 0.25) is 6.79 Å². The van der Waals surface area contributed by atoms with E-state index in [1.54, 1.807) is 6.07 Å². The molecule has 0 unspecified atom stereocenters. The van der Waals surface area contributed by atoms with Crippen molar-refractivity contribution in [3.8, 4) is 39.9 Å². The van der Waals surface area contributed by atoms with Crippen LogP contribution in [0.25, 0.3) is 22.6 Å². The Kier molecular flexibility index (Phi) is 8.19. The fourth-order valence-electron chi connectivity index (χ4n) is 5.42. The topological polar surface area (TPSA) is 59.8 Å². The summed E-state index contributed by atoms with van der Waals surface area (Å²) in [5.74, 6) is 1.43. The Labute approximate surface area is 245 Å². The van der Waals surface area contributed by atoms with Crippen LogP contribution in [0.1, 0.15) is 36.6 Å². The first-order valence-electron chi connectivity index (χ1n) is 14.4. The molecule has 0 fully saturated rings. The number of fused-ring (bicyclic) bond motifs is 1. The summed E-state index contributed by atoms with van der Waals surface area (Å²) in [5.41, 5.74) is 6.00. The first kappa shape index (κ1) is 27.5. The number of aromatic nitrogens is 2. The summed E-state index contributed by atoms with van der Waals surface area (Å²) >= 11 is 0. The van der Waals surface area contributed by atoms with E-state index in [9.17, 15) is 9.50 Å². The number of imidazole rings is 1. The summed E-state index contributed by atoms with van der Waals surface area (Å²) in [6.07, 6.45) is 2.07. The van der Waals surface area contributed by atoms with Gasteiger partial charge in [-0.05, 0) is 41.8 Å². The van der Waals surface area contributed by atoms with Gasteiger partial charge in [0.15, 0.2) is 23.1 Å². The molecule has 214 valence electrons. The molecule has 0 aliphatic carbocycles. The van der Waals surface area contributed by atoms with E-state index in [2.05, 4.69) is 40.7 Å². The molecule has 1 aliphatic heterocycles. The van der Waals surface area contributed by atoms with Gasteiger partial charge in [0.25, 0.3) is 0 Å². The largest absolute Gasteiger partial charge is 0.505 e. The first-order valence-corrected chi connectivity index (χ1v) is 14.4. The fraction of sp³-hybridized carbons (Fsp3) is 0.229. The molecule has 1 N–H and O–H groups in total. The monoisotopic (exact) mass is 563 g/mol. The molecule has 5 aromatic rings. The molecule has 0 bridgehead atoms. The standard InChI is InChI=1S/C35H34FN3O3/c1-2-3-18-39-30(34(27-10-6-4-7-11-27)37-35(39)28-12-8-5-9-13-28)23-38(21-25-14-16-31(40)29(36)19-25)22-26-15-17-32-33(20-26)42-24-41-32/h4-17,19-20,40H,2-3,18,21-24H2,1H3. The van der Waals surface area contributed by atoms with Gasteiger partial charge in [0.05, 0.1) is 11.4 Å². The quantitative estimate of drug-likeness (QED) is 0.178. The number of hydrogen-bond acceptors (Lipinski definition) is 5.